The maximum atomic E-state index is 12.4. The molecule has 7 nitrogen and oxygen atoms in total. The predicted octanol–water partition coefficient (Wildman–Crippen LogP) is 2.00. The molecule has 0 aliphatic rings. The van der Waals surface area contributed by atoms with Crippen LogP contribution < -0.4 is 10.5 Å². The van der Waals surface area contributed by atoms with Crippen molar-refractivity contribution in [3.63, 3.8) is 0 Å². The zero-order chi connectivity index (χ0) is 17.9. The summed E-state index contributed by atoms with van der Waals surface area (Å²) in [5.41, 5.74) is -0.0973. The SMILES string of the molecule is COC(=O)c1ccccc1N(C)C(=O)Cn1ncc(Cl)c(Cl)c1=O. The molecule has 1 amide bonds. The van der Waals surface area contributed by atoms with Gasteiger partial charge in [0, 0.05) is 7.05 Å². The molecule has 0 fully saturated rings. The average molecular weight is 370 g/mol. The van der Waals surface area contributed by atoms with Crippen molar-refractivity contribution in [1.82, 2.24) is 9.78 Å². The van der Waals surface area contributed by atoms with Crippen molar-refractivity contribution in [2.75, 3.05) is 19.1 Å². The van der Waals surface area contributed by atoms with E-state index in [-0.39, 0.29) is 22.2 Å². The second-order valence-corrected chi connectivity index (χ2v) is 5.52. The maximum absolute atomic E-state index is 12.4. The maximum Gasteiger partial charge on any atom is 0.339 e. The number of carbonyl (C=O) groups is 2. The van der Waals surface area contributed by atoms with E-state index in [1.54, 1.807) is 18.2 Å². The molecular formula is C15H13Cl2N3O4. The van der Waals surface area contributed by atoms with E-state index in [4.69, 9.17) is 27.9 Å². The van der Waals surface area contributed by atoms with Gasteiger partial charge < -0.3 is 9.64 Å². The number of esters is 1. The number of carbonyl (C=O) groups excluding carboxylic acids is 2. The fourth-order valence-electron chi connectivity index (χ4n) is 1.97. The van der Waals surface area contributed by atoms with Crippen molar-refractivity contribution in [1.29, 1.82) is 0 Å². The predicted molar refractivity (Wildman–Crippen MR) is 89.7 cm³/mol. The molecule has 0 aliphatic heterocycles. The highest BCUT2D eigenvalue weighted by Gasteiger charge is 2.20. The normalized spacial score (nSPS) is 10.3. The van der Waals surface area contributed by atoms with Gasteiger partial charge in [0.25, 0.3) is 5.56 Å². The van der Waals surface area contributed by atoms with Crippen molar-refractivity contribution < 1.29 is 14.3 Å². The molecule has 0 spiro atoms. The lowest BCUT2D eigenvalue weighted by atomic mass is 10.1. The summed E-state index contributed by atoms with van der Waals surface area (Å²) in [4.78, 5) is 37.4. The smallest absolute Gasteiger partial charge is 0.339 e. The Kier molecular flexibility index (Phi) is 5.58. The summed E-state index contributed by atoms with van der Waals surface area (Å²) >= 11 is 11.5. The van der Waals surface area contributed by atoms with Crippen LogP contribution in [0.4, 0.5) is 5.69 Å². The summed E-state index contributed by atoms with van der Waals surface area (Å²) in [6, 6.07) is 6.46. The van der Waals surface area contributed by atoms with Crippen LogP contribution in [0.3, 0.4) is 0 Å². The lowest BCUT2D eigenvalue weighted by molar-refractivity contribution is -0.119. The zero-order valence-electron chi connectivity index (χ0n) is 12.8. The van der Waals surface area contributed by atoms with Crippen LogP contribution >= 0.6 is 23.2 Å². The fraction of sp³-hybridized carbons (Fsp3) is 0.200. The van der Waals surface area contributed by atoms with E-state index in [2.05, 4.69) is 5.10 Å². The molecule has 1 heterocycles. The Morgan fingerprint density at radius 3 is 2.62 bits per heavy atom. The minimum atomic E-state index is -0.674. The molecule has 24 heavy (non-hydrogen) atoms. The Morgan fingerprint density at radius 1 is 1.29 bits per heavy atom. The number of rotatable bonds is 4. The number of aromatic nitrogens is 2. The van der Waals surface area contributed by atoms with E-state index < -0.39 is 17.4 Å². The second-order valence-electron chi connectivity index (χ2n) is 4.73. The third kappa shape index (κ3) is 3.58. The van der Waals surface area contributed by atoms with Crippen LogP contribution in [-0.2, 0) is 16.1 Å². The fourth-order valence-corrected chi connectivity index (χ4v) is 2.25. The van der Waals surface area contributed by atoms with E-state index >= 15 is 0 Å². The van der Waals surface area contributed by atoms with Gasteiger partial charge in [0.15, 0.2) is 0 Å². The van der Waals surface area contributed by atoms with E-state index in [0.29, 0.717) is 5.69 Å². The van der Waals surface area contributed by atoms with Crippen molar-refractivity contribution in [2.45, 2.75) is 6.54 Å². The van der Waals surface area contributed by atoms with Gasteiger partial charge in [-0.2, -0.15) is 5.10 Å². The summed E-state index contributed by atoms with van der Waals surface area (Å²) in [5.74, 6) is -1.05. The first-order valence-corrected chi connectivity index (χ1v) is 7.47. The third-order valence-corrected chi connectivity index (χ3v) is 4.02. The Balaban J connectivity index is 2.30. The molecule has 9 heteroatoms. The van der Waals surface area contributed by atoms with Gasteiger partial charge in [-0.05, 0) is 12.1 Å². The summed E-state index contributed by atoms with van der Waals surface area (Å²) in [6.07, 6.45) is 1.18. The molecule has 0 N–H and O–H groups in total. The van der Waals surface area contributed by atoms with Crippen molar-refractivity contribution in [3.8, 4) is 0 Å². The molecule has 1 aromatic heterocycles. The Morgan fingerprint density at radius 2 is 1.96 bits per heavy atom. The Labute approximate surface area is 147 Å². The minimum absolute atomic E-state index is 0.00903. The standard InChI is InChI=1S/C15H13Cl2N3O4/c1-19(11-6-4-3-5-9(11)15(23)24-2)12(21)8-20-14(22)13(17)10(16)7-18-20/h3-7H,8H2,1-2H3. The molecule has 126 valence electrons. The second kappa shape index (κ2) is 7.46. The quantitative estimate of drug-likeness (QED) is 0.769. The number of anilines is 1. The number of methoxy groups -OCH3 is 1. The molecule has 0 atom stereocenters. The van der Waals surface area contributed by atoms with Crippen LogP contribution in [0.15, 0.2) is 35.3 Å². The number of benzene rings is 1. The van der Waals surface area contributed by atoms with Crippen LogP contribution in [-0.4, -0.2) is 35.8 Å². The van der Waals surface area contributed by atoms with Gasteiger partial charge in [-0.25, -0.2) is 9.48 Å². The van der Waals surface area contributed by atoms with Gasteiger partial charge in [0.1, 0.15) is 11.6 Å². The molecule has 0 saturated carbocycles. The van der Waals surface area contributed by atoms with Crippen LogP contribution in [0.2, 0.25) is 10.0 Å². The van der Waals surface area contributed by atoms with E-state index in [1.807, 2.05) is 0 Å². The highest BCUT2D eigenvalue weighted by atomic mass is 35.5. The van der Waals surface area contributed by atoms with Crippen LogP contribution in [0.25, 0.3) is 0 Å². The Hall–Kier alpha value is -2.38. The van der Waals surface area contributed by atoms with Gasteiger partial charge in [-0.15, -0.1) is 0 Å². The molecule has 2 aromatic rings. The first-order valence-electron chi connectivity index (χ1n) is 6.71. The average Bonchev–Trinajstić information content (AvgIpc) is 2.60. The first kappa shape index (κ1) is 18.0. The molecule has 0 aliphatic carbocycles. The topological polar surface area (TPSA) is 81.5 Å². The number of amides is 1. The number of hydrogen-bond acceptors (Lipinski definition) is 5. The van der Waals surface area contributed by atoms with Gasteiger partial charge in [0.2, 0.25) is 5.91 Å². The molecule has 0 unspecified atom stereocenters. The lowest BCUT2D eigenvalue weighted by Gasteiger charge is -2.20. The number of nitrogens with zero attached hydrogens (tertiary/aromatic N) is 3. The van der Waals surface area contributed by atoms with Gasteiger partial charge in [0.05, 0.1) is 29.6 Å². The van der Waals surface area contributed by atoms with Crippen molar-refractivity contribution in [2.24, 2.45) is 0 Å². The summed E-state index contributed by atoms with van der Waals surface area (Å²) in [6.45, 7) is -0.359. The Bertz CT molecular complexity index is 851. The molecule has 0 bridgehead atoms. The van der Waals surface area contributed by atoms with Gasteiger partial charge >= 0.3 is 5.97 Å². The van der Waals surface area contributed by atoms with Gasteiger partial charge in [-0.3, -0.25) is 9.59 Å². The molecule has 0 saturated heterocycles. The summed E-state index contributed by atoms with van der Waals surface area (Å²) < 4.78 is 5.59. The number of halogens is 2. The van der Waals surface area contributed by atoms with E-state index in [1.165, 1.54) is 31.3 Å². The highest BCUT2D eigenvalue weighted by molar-refractivity contribution is 6.41. The van der Waals surface area contributed by atoms with Crippen LogP contribution in [0, 0.1) is 0 Å². The monoisotopic (exact) mass is 369 g/mol. The first-order chi connectivity index (χ1) is 11.4. The number of hydrogen-bond donors (Lipinski definition) is 0. The van der Waals surface area contributed by atoms with Crippen LogP contribution in [0.1, 0.15) is 10.4 Å². The van der Waals surface area contributed by atoms with Crippen LogP contribution in [0.5, 0.6) is 0 Å². The molecular weight excluding hydrogens is 357 g/mol. The molecule has 1 aromatic carbocycles. The highest BCUT2D eigenvalue weighted by Crippen LogP contribution is 2.20. The minimum Gasteiger partial charge on any atom is -0.465 e. The molecule has 0 radical (unpaired) electrons. The number of para-hydroxylation sites is 1. The molecule has 2 rings (SSSR count). The van der Waals surface area contributed by atoms with Gasteiger partial charge in [-0.1, -0.05) is 35.3 Å². The van der Waals surface area contributed by atoms with E-state index in [9.17, 15) is 14.4 Å². The summed E-state index contributed by atoms with van der Waals surface area (Å²) in [5, 5.41) is 3.58. The number of likely N-dealkylation sites (N-methyl/N-ethyl adjacent to an activating group) is 1. The third-order valence-electron chi connectivity index (χ3n) is 3.27. The number of ether oxygens (including phenoxy) is 1. The van der Waals surface area contributed by atoms with Crippen molar-refractivity contribution in [3.05, 3.63) is 56.4 Å². The largest absolute Gasteiger partial charge is 0.465 e. The zero-order valence-corrected chi connectivity index (χ0v) is 14.3. The van der Waals surface area contributed by atoms with E-state index in [0.717, 1.165) is 4.68 Å². The lowest BCUT2D eigenvalue weighted by Crippen LogP contribution is -2.36. The van der Waals surface area contributed by atoms with Crippen molar-refractivity contribution >= 4 is 40.8 Å². The summed E-state index contributed by atoms with van der Waals surface area (Å²) in [7, 11) is 2.73.